The lowest BCUT2D eigenvalue weighted by molar-refractivity contribution is 0.122. The minimum Gasteiger partial charge on any atom is -0.378 e. The van der Waals surface area contributed by atoms with Crippen LogP contribution in [0.3, 0.4) is 0 Å². The lowest BCUT2D eigenvalue weighted by Gasteiger charge is -2.30. The van der Waals surface area contributed by atoms with E-state index in [-0.39, 0.29) is 0 Å². The van der Waals surface area contributed by atoms with Crippen LogP contribution in [-0.2, 0) is 4.74 Å². The molecule has 1 aliphatic heterocycles. The Morgan fingerprint density at radius 3 is 3.00 bits per heavy atom. The van der Waals surface area contributed by atoms with Crippen molar-refractivity contribution < 1.29 is 4.74 Å². The average molecular weight is 340 g/mol. The van der Waals surface area contributed by atoms with E-state index >= 15 is 0 Å². The lowest BCUT2D eigenvalue weighted by Crippen LogP contribution is -2.41. The van der Waals surface area contributed by atoms with Gasteiger partial charge in [0.15, 0.2) is 16.1 Å². The van der Waals surface area contributed by atoms with Crippen molar-refractivity contribution in [2.75, 3.05) is 49.4 Å². The molecule has 1 saturated heterocycles. The number of nitrogens with zero attached hydrogens (tertiary/aromatic N) is 3. The third-order valence-electron chi connectivity index (χ3n) is 2.98. The van der Waals surface area contributed by atoms with Gasteiger partial charge in [0.1, 0.15) is 5.69 Å². The zero-order chi connectivity index (χ0) is 15.8. The number of nitrogens with one attached hydrogen (secondary N) is 3. The van der Waals surface area contributed by atoms with Crippen LogP contribution in [0.25, 0.3) is 0 Å². The second-order valence-electron chi connectivity index (χ2n) is 4.44. The molecule has 0 unspecified atom stereocenters. The molecule has 1 aromatic rings. The summed E-state index contributed by atoms with van der Waals surface area (Å²) >= 11 is 6.66. The Bertz CT molecular complexity index is 521. The summed E-state index contributed by atoms with van der Waals surface area (Å²) < 4.78 is 5.39. The molecule has 2 rings (SSSR count). The molecule has 7 nitrogen and oxygen atoms in total. The van der Waals surface area contributed by atoms with Crippen LogP contribution >= 0.6 is 24.0 Å². The number of hydrazine groups is 1. The topological polar surface area (TPSA) is 74.3 Å². The number of thioether (sulfide) groups is 1. The number of aromatic nitrogens is 2. The minimum atomic E-state index is 0.483. The van der Waals surface area contributed by atoms with Crippen LogP contribution in [0.5, 0.6) is 0 Å². The molecule has 0 atom stereocenters. The number of ether oxygens (including phenoxy) is 1. The Morgan fingerprint density at radius 1 is 1.55 bits per heavy atom. The average Bonchev–Trinajstić information content (AvgIpc) is 2.58. The molecule has 1 fully saturated rings. The number of hydrogen-bond donors (Lipinski definition) is 3. The summed E-state index contributed by atoms with van der Waals surface area (Å²) in [6, 6.07) is 0. The van der Waals surface area contributed by atoms with Crippen LogP contribution in [0.4, 0.5) is 11.5 Å². The normalized spacial score (nSPS) is 14.3. The smallest absolute Gasteiger partial charge is 0.189 e. The predicted octanol–water partition coefficient (Wildman–Crippen LogP) is 1.01. The van der Waals surface area contributed by atoms with E-state index in [0.717, 1.165) is 18.8 Å². The number of hydrogen-bond acceptors (Lipinski definition) is 7. The molecule has 2 heterocycles. The fourth-order valence-electron chi connectivity index (χ4n) is 1.91. The van der Waals surface area contributed by atoms with Gasteiger partial charge in [-0.15, -0.1) is 6.58 Å². The van der Waals surface area contributed by atoms with E-state index < -0.39 is 0 Å². The van der Waals surface area contributed by atoms with Gasteiger partial charge in [-0.2, -0.15) is 0 Å². The quantitative estimate of drug-likeness (QED) is 0.231. The Hall–Kier alpha value is -1.58. The van der Waals surface area contributed by atoms with Crippen LogP contribution in [0.15, 0.2) is 24.0 Å². The number of morpholine rings is 1. The molecular formula is C13H20N6OS2. The monoisotopic (exact) mass is 340 g/mol. The van der Waals surface area contributed by atoms with Gasteiger partial charge < -0.3 is 15.0 Å². The number of thiocarbonyl (C=S) groups is 1. The van der Waals surface area contributed by atoms with Crippen LogP contribution in [0.2, 0.25) is 0 Å². The van der Waals surface area contributed by atoms with Gasteiger partial charge in [0.05, 0.1) is 19.4 Å². The van der Waals surface area contributed by atoms with Crippen LogP contribution in [0, 0.1) is 0 Å². The summed E-state index contributed by atoms with van der Waals surface area (Å²) in [6.07, 6.45) is 5.51. The second-order valence-corrected chi connectivity index (χ2v) is 5.62. The van der Waals surface area contributed by atoms with E-state index in [0.29, 0.717) is 35.8 Å². The molecule has 0 aliphatic carbocycles. The molecule has 9 heteroatoms. The molecule has 1 aliphatic rings. The predicted molar refractivity (Wildman–Crippen MR) is 94.4 cm³/mol. The van der Waals surface area contributed by atoms with Gasteiger partial charge in [-0.3, -0.25) is 10.9 Å². The molecule has 0 amide bonds. The van der Waals surface area contributed by atoms with E-state index in [2.05, 4.69) is 37.6 Å². The highest BCUT2D eigenvalue weighted by Gasteiger charge is 2.17. The highest BCUT2D eigenvalue weighted by atomic mass is 32.2. The molecule has 3 N–H and O–H groups in total. The second kappa shape index (κ2) is 8.76. The SMILES string of the molecule is C=CCNC(=S)NNc1nc(SC)ncc1N1CCOCC1. The third-order valence-corrected chi connectivity index (χ3v) is 3.79. The maximum Gasteiger partial charge on any atom is 0.189 e. The summed E-state index contributed by atoms with van der Waals surface area (Å²) in [4.78, 5) is 11.0. The first-order valence-corrected chi connectivity index (χ1v) is 8.52. The standard InChI is InChI=1S/C13H20N6OS2/c1-3-4-14-12(21)18-17-11-10(9-15-13(16-11)22-2)19-5-7-20-8-6-19/h3,9H,1,4-8H2,2H3,(H2,14,18,21)(H,15,16,17). The van der Waals surface area contributed by atoms with E-state index in [9.17, 15) is 0 Å². The van der Waals surface area contributed by atoms with E-state index in [1.54, 1.807) is 6.08 Å². The summed E-state index contributed by atoms with van der Waals surface area (Å²) in [5.41, 5.74) is 6.92. The minimum absolute atomic E-state index is 0.483. The fraction of sp³-hybridized carbons (Fsp3) is 0.462. The Labute approximate surface area is 139 Å². The Balaban J connectivity index is 2.08. The van der Waals surface area contributed by atoms with Gasteiger partial charge in [0, 0.05) is 19.6 Å². The highest BCUT2D eigenvalue weighted by molar-refractivity contribution is 7.98. The fourth-order valence-corrected chi connectivity index (χ4v) is 2.39. The van der Waals surface area contributed by atoms with Crippen molar-refractivity contribution in [2.45, 2.75) is 5.16 Å². The van der Waals surface area contributed by atoms with Crippen molar-refractivity contribution in [3.63, 3.8) is 0 Å². The van der Waals surface area contributed by atoms with Crippen molar-refractivity contribution in [3.05, 3.63) is 18.9 Å². The summed E-state index contributed by atoms with van der Waals surface area (Å²) in [6.45, 7) is 7.28. The van der Waals surface area contributed by atoms with Crippen LogP contribution < -0.4 is 21.1 Å². The first-order chi connectivity index (χ1) is 10.7. The molecule has 0 saturated carbocycles. The van der Waals surface area contributed by atoms with Crippen molar-refractivity contribution in [2.24, 2.45) is 0 Å². The number of anilines is 2. The molecule has 120 valence electrons. The van der Waals surface area contributed by atoms with Gasteiger partial charge in [0.25, 0.3) is 0 Å². The highest BCUT2D eigenvalue weighted by Crippen LogP contribution is 2.25. The largest absolute Gasteiger partial charge is 0.378 e. The van der Waals surface area contributed by atoms with Crippen LogP contribution in [-0.4, -0.2) is 54.2 Å². The molecule has 1 aromatic heterocycles. The van der Waals surface area contributed by atoms with E-state index in [1.165, 1.54) is 11.8 Å². The van der Waals surface area contributed by atoms with Gasteiger partial charge in [0.2, 0.25) is 0 Å². The Morgan fingerprint density at radius 2 is 2.32 bits per heavy atom. The van der Waals surface area contributed by atoms with E-state index in [1.807, 2.05) is 12.5 Å². The van der Waals surface area contributed by atoms with Crippen molar-refractivity contribution in [1.82, 2.24) is 20.7 Å². The van der Waals surface area contributed by atoms with Gasteiger partial charge in [-0.05, 0) is 18.5 Å². The van der Waals surface area contributed by atoms with Crippen LogP contribution in [0.1, 0.15) is 0 Å². The lowest BCUT2D eigenvalue weighted by atomic mass is 10.3. The molecule has 0 aromatic carbocycles. The zero-order valence-corrected chi connectivity index (χ0v) is 14.1. The third kappa shape index (κ3) is 4.72. The van der Waals surface area contributed by atoms with Crippen molar-refractivity contribution in [1.29, 1.82) is 0 Å². The molecule has 0 bridgehead atoms. The van der Waals surface area contributed by atoms with E-state index in [4.69, 9.17) is 17.0 Å². The van der Waals surface area contributed by atoms with Gasteiger partial charge in [-0.25, -0.2) is 9.97 Å². The zero-order valence-electron chi connectivity index (χ0n) is 12.5. The maximum atomic E-state index is 5.39. The van der Waals surface area contributed by atoms with Crippen molar-refractivity contribution in [3.8, 4) is 0 Å². The summed E-state index contributed by atoms with van der Waals surface area (Å²) in [5, 5.41) is 4.17. The molecular weight excluding hydrogens is 320 g/mol. The molecule has 22 heavy (non-hydrogen) atoms. The first-order valence-electron chi connectivity index (χ1n) is 6.89. The molecule has 0 radical (unpaired) electrons. The van der Waals surface area contributed by atoms with Gasteiger partial charge in [-0.1, -0.05) is 17.8 Å². The summed E-state index contributed by atoms with van der Waals surface area (Å²) in [5.74, 6) is 0.698. The van der Waals surface area contributed by atoms with Crippen molar-refractivity contribution >= 4 is 40.6 Å². The maximum absolute atomic E-state index is 5.39. The number of rotatable bonds is 6. The Kier molecular flexibility index (Phi) is 6.69. The van der Waals surface area contributed by atoms with Gasteiger partial charge >= 0.3 is 0 Å². The summed E-state index contributed by atoms with van der Waals surface area (Å²) in [7, 11) is 0. The first kappa shape index (κ1) is 16.8. The molecule has 0 spiro atoms.